The molecule has 0 radical (unpaired) electrons. The molecule has 1 aliphatic rings. The van der Waals surface area contributed by atoms with Crippen molar-refractivity contribution in [2.24, 2.45) is 0 Å². The molecule has 1 aromatic carbocycles. The van der Waals surface area contributed by atoms with E-state index in [9.17, 15) is 18.0 Å². The van der Waals surface area contributed by atoms with Crippen LogP contribution in [0.3, 0.4) is 0 Å². The summed E-state index contributed by atoms with van der Waals surface area (Å²) in [7, 11) is -3.63. The summed E-state index contributed by atoms with van der Waals surface area (Å²) in [6, 6.07) is 6.45. The first-order chi connectivity index (χ1) is 18.1. The molecule has 38 heavy (non-hydrogen) atoms. The summed E-state index contributed by atoms with van der Waals surface area (Å²) in [4.78, 5) is 32.2. The molecule has 0 spiro atoms. The number of anilines is 1. The van der Waals surface area contributed by atoms with Crippen LogP contribution in [0.2, 0.25) is 0 Å². The van der Waals surface area contributed by atoms with Crippen LogP contribution in [0.5, 0.6) is 0 Å². The minimum atomic E-state index is -3.63. The van der Waals surface area contributed by atoms with Crippen molar-refractivity contribution in [3.8, 4) is 0 Å². The number of carbonyl (C=O) groups is 2. The van der Waals surface area contributed by atoms with Crippen LogP contribution in [0.1, 0.15) is 85.5 Å². The maximum Gasteiger partial charge on any atom is 0.257 e. The highest BCUT2D eigenvalue weighted by Gasteiger charge is 2.31. The van der Waals surface area contributed by atoms with Gasteiger partial charge in [0.15, 0.2) is 0 Å². The van der Waals surface area contributed by atoms with E-state index in [0.717, 1.165) is 42.8 Å². The standard InChI is InChI=1S/C28H42N4O4S2/c1-7-16-32(17-8-2)38(35,36)22-13-11-21(12-14-22)26(33)29-27-25(28(34)30(9-3)10-4)23-15-18-31(20(5)6)19-24(23)37-27/h11-14,20H,7-10,15-19H2,1-6H3,(H,29,33). The number of amides is 2. The van der Waals surface area contributed by atoms with Crippen LogP contribution < -0.4 is 5.32 Å². The van der Waals surface area contributed by atoms with Crippen LogP contribution in [0.25, 0.3) is 0 Å². The lowest BCUT2D eigenvalue weighted by molar-refractivity contribution is 0.0772. The van der Waals surface area contributed by atoms with Gasteiger partial charge >= 0.3 is 0 Å². The second kappa shape index (κ2) is 13.2. The van der Waals surface area contributed by atoms with Gasteiger partial charge in [0.25, 0.3) is 11.8 Å². The molecule has 0 saturated heterocycles. The maximum atomic E-state index is 13.5. The van der Waals surface area contributed by atoms with E-state index in [0.29, 0.717) is 48.3 Å². The smallest absolute Gasteiger partial charge is 0.257 e. The Labute approximate surface area is 232 Å². The average Bonchev–Trinajstić information content (AvgIpc) is 3.26. The predicted octanol–water partition coefficient (Wildman–Crippen LogP) is 5.06. The van der Waals surface area contributed by atoms with Crippen molar-refractivity contribution in [1.82, 2.24) is 14.1 Å². The van der Waals surface area contributed by atoms with Gasteiger partial charge in [-0.25, -0.2) is 8.42 Å². The largest absolute Gasteiger partial charge is 0.339 e. The van der Waals surface area contributed by atoms with Crippen LogP contribution in [0.15, 0.2) is 29.2 Å². The number of nitrogens with zero attached hydrogens (tertiary/aromatic N) is 3. The highest BCUT2D eigenvalue weighted by molar-refractivity contribution is 7.89. The Morgan fingerprint density at radius 1 is 1.03 bits per heavy atom. The second-order valence-electron chi connectivity index (χ2n) is 9.88. The highest BCUT2D eigenvalue weighted by atomic mass is 32.2. The number of hydrogen-bond acceptors (Lipinski definition) is 6. The molecule has 2 amide bonds. The lowest BCUT2D eigenvalue weighted by Crippen LogP contribution is -2.36. The molecule has 0 aliphatic carbocycles. The van der Waals surface area contributed by atoms with E-state index < -0.39 is 10.0 Å². The first-order valence-corrected chi connectivity index (χ1v) is 15.9. The molecule has 0 bridgehead atoms. The topological polar surface area (TPSA) is 90.0 Å². The van der Waals surface area contributed by atoms with Crippen molar-refractivity contribution in [2.45, 2.75) is 78.3 Å². The molecule has 0 saturated carbocycles. The minimum absolute atomic E-state index is 0.0609. The molecule has 2 aromatic rings. The van der Waals surface area contributed by atoms with E-state index in [2.05, 4.69) is 24.1 Å². The van der Waals surface area contributed by atoms with Crippen LogP contribution >= 0.6 is 11.3 Å². The summed E-state index contributed by atoms with van der Waals surface area (Å²) in [6.45, 7) is 15.9. The van der Waals surface area contributed by atoms with E-state index in [1.807, 2.05) is 27.7 Å². The van der Waals surface area contributed by atoms with Gasteiger partial charge in [0.05, 0.1) is 10.5 Å². The monoisotopic (exact) mass is 562 g/mol. The van der Waals surface area contributed by atoms with Gasteiger partial charge in [0.2, 0.25) is 10.0 Å². The molecule has 0 fully saturated rings. The van der Waals surface area contributed by atoms with E-state index in [4.69, 9.17) is 0 Å². The SMILES string of the molecule is CCCN(CCC)S(=O)(=O)c1ccc(C(=O)Nc2sc3c(c2C(=O)N(CC)CC)CCN(C(C)C)C3)cc1. The lowest BCUT2D eigenvalue weighted by Gasteiger charge is -2.30. The maximum absolute atomic E-state index is 13.5. The van der Waals surface area contributed by atoms with Gasteiger partial charge in [-0.1, -0.05) is 13.8 Å². The number of thiophene rings is 1. The molecule has 10 heteroatoms. The fourth-order valence-electron chi connectivity index (χ4n) is 4.80. The lowest BCUT2D eigenvalue weighted by atomic mass is 10.0. The summed E-state index contributed by atoms with van der Waals surface area (Å²) >= 11 is 1.47. The number of nitrogens with one attached hydrogen (secondary N) is 1. The number of hydrogen-bond donors (Lipinski definition) is 1. The van der Waals surface area contributed by atoms with Crippen molar-refractivity contribution in [1.29, 1.82) is 0 Å². The van der Waals surface area contributed by atoms with Crippen molar-refractivity contribution < 1.29 is 18.0 Å². The Balaban J connectivity index is 1.90. The van der Waals surface area contributed by atoms with Gasteiger partial charge in [-0.2, -0.15) is 4.31 Å². The van der Waals surface area contributed by atoms with Gasteiger partial charge < -0.3 is 10.2 Å². The zero-order chi connectivity index (χ0) is 28.0. The van der Waals surface area contributed by atoms with Gasteiger partial charge in [-0.3, -0.25) is 14.5 Å². The van der Waals surface area contributed by atoms with Crippen molar-refractivity contribution in [2.75, 3.05) is 38.0 Å². The molecule has 8 nitrogen and oxygen atoms in total. The molecule has 3 rings (SSSR count). The van der Waals surface area contributed by atoms with E-state index in [1.54, 1.807) is 4.90 Å². The van der Waals surface area contributed by atoms with Crippen molar-refractivity contribution in [3.63, 3.8) is 0 Å². The fraction of sp³-hybridized carbons (Fsp3) is 0.571. The van der Waals surface area contributed by atoms with Crippen molar-refractivity contribution >= 4 is 38.2 Å². The van der Waals surface area contributed by atoms with Gasteiger partial charge in [-0.15, -0.1) is 11.3 Å². The number of benzene rings is 1. The predicted molar refractivity (Wildman–Crippen MR) is 155 cm³/mol. The molecular weight excluding hydrogens is 520 g/mol. The highest BCUT2D eigenvalue weighted by Crippen LogP contribution is 2.38. The fourth-order valence-corrected chi connectivity index (χ4v) is 7.69. The molecular formula is C28H42N4O4S2. The Hall–Kier alpha value is -2.27. The number of rotatable bonds is 12. The Morgan fingerprint density at radius 3 is 2.16 bits per heavy atom. The van der Waals surface area contributed by atoms with Gasteiger partial charge in [-0.05, 0) is 76.8 Å². The molecule has 1 N–H and O–H groups in total. The average molecular weight is 563 g/mol. The van der Waals surface area contributed by atoms with E-state index >= 15 is 0 Å². The van der Waals surface area contributed by atoms with E-state index in [-0.39, 0.29) is 16.7 Å². The van der Waals surface area contributed by atoms with Crippen molar-refractivity contribution in [3.05, 3.63) is 45.8 Å². The molecule has 210 valence electrons. The molecule has 1 aromatic heterocycles. The van der Waals surface area contributed by atoms with Crippen LogP contribution in [-0.2, 0) is 23.0 Å². The quantitative estimate of drug-likeness (QED) is 0.391. The zero-order valence-corrected chi connectivity index (χ0v) is 25.2. The van der Waals surface area contributed by atoms with Crippen LogP contribution in [0, 0.1) is 0 Å². The normalized spacial score (nSPS) is 14.1. The van der Waals surface area contributed by atoms with Gasteiger partial charge in [0, 0.05) is 55.8 Å². The third kappa shape index (κ3) is 6.47. The molecule has 0 atom stereocenters. The molecule has 2 heterocycles. The summed E-state index contributed by atoms with van der Waals surface area (Å²) < 4.78 is 27.7. The first-order valence-electron chi connectivity index (χ1n) is 13.7. The minimum Gasteiger partial charge on any atom is -0.339 e. The Morgan fingerprint density at radius 2 is 1.63 bits per heavy atom. The molecule has 1 aliphatic heterocycles. The summed E-state index contributed by atoms with van der Waals surface area (Å²) in [5.74, 6) is -0.421. The number of fused-ring (bicyclic) bond motifs is 1. The third-order valence-electron chi connectivity index (χ3n) is 7.01. The number of sulfonamides is 1. The molecule has 0 unspecified atom stereocenters. The van der Waals surface area contributed by atoms with Crippen LogP contribution in [0.4, 0.5) is 5.00 Å². The Kier molecular flexibility index (Phi) is 10.5. The third-order valence-corrected chi connectivity index (χ3v) is 10.1. The van der Waals surface area contributed by atoms with E-state index in [1.165, 1.54) is 39.9 Å². The first kappa shape index (κ1) is 30.3. The Bertz CT molecular complexity index is 1210. The summed E-state index contributed by atoms with van der Waals surface area (Å²) in [5, 5.41) is 3.55. The summed E-state index contributed by atoms with van der Waals surface area (Å²) in [6.07, 6.45) is 2.22. The zero-order valence-electron chi connectivity index (χ0n) is 23.5. The van der Waals surface area contributed by atoms with Crippen LogP contribution in [-0.4, -0.2) is 73.1 Å². The number of carbonyl (C=O) groups excluding carboxylic acids is 2. The van der Waals surface area contributed by atoms with Gasteiger partial charge in [0.1, 0.15) is 5.00 Å². The second-order valence-corrected chi connectivity index (χ2v) is 12.9. The summed E-state index contributed by atoms with van der Waals surface area (Å²) in [5.41, 5.74) is 1.98.